The van der Waals surface area contributed by atoms with Crippen LogP contribution in [-0.4, -0.2) is 60.4 Å². The molecule has 3 rings (SSSR count). The van der Waals surface area contributed by atoms with Crippen molar-refractivity contribution in [2.24, 2.45) is 11.7 Å². The van der Waals surface area contributed by atoms with Crippen LogP contribution >= 0.6 is 0 Å². The van der Waals surface area contributed by atoms with E-state index in [0.29, 0.717) is 18.5 Å². The first kappa shape index (κ1) is 23.4. The number of aromatic amines is 1. The minimum absolute atomic E-state index is 0.0536. The summed E-state index contributed by atoms with van der Waals surface area (Å²) in [6.07, 6.45) is 0.629. The number of aromatic nitrogens is 2. The molecular formula is C20H25N5O6S. The smallest absolute Gasteiger partial charge is 0.338 e. The number of carbonyl (C=O) groups is 3. The summed E-state index contributed by atoms with van der Waals surface area (Å²) < 4.78 is 32.1. The molecule has 0 aliphatic carbocycles. The van der Waals surface area contributed by atoms with Crippen molar-refractivity contribution in [2.75, 3.05) is 25.0 Å². The van der Waals surface area contributed by atoms with Crippen LogP contribution in [-0.2, 0) is 19.6 Å². The van der Waals surface area contributed by atoms with Crippen molar-refractivity contribution in [3.63, 3.8) is 0 Å². The largest absolute Gasteiger partial charge is 0.462 e. The van der Waals surface area contributed by atoms with Crippen LogP contribution in [0.2, 0.25) is 0 Å². The molecule has 0 atom stereocenters. The van der Waals surface area contributed by atoms with Crippen LogP contribution in [0.5, 0.6) is 0 Å². The molecule has 172 valence electrons. The van der Waals surface area contributed by atoms with E-state index in [1.54, 1.807) is 13.8 Å². The fourth-order valence-corrected chi connectivity index (χ4v) is 4.94. The number of sulfonamides is 1. The number of nitrogens with zero attached hydrogens (tertiary/aromatic N) is 2. The Kier molecular flexibility index (Phi) is 6.94. The predicted octanol–water partition coefficient (Wildman–Crippen LogP) is 1.03. The standard InChI is InChI=1S/C20H25N5O6S/c1-3-31-20(28)14-4-6-15(7-5-14)32(29,30)25-10-8-13(9-11-25)19(27)22-16-12(2)23-24-17(16)18(21)26/h4-7,13H,3,8-11H2,1-2H3,(H2,21,26)(H,22,27)(H,23,24). The molecule has 1 aromatic carbocycles. The Morgan fingerprint density at radius 1 is 1.22 bits per heavy atom. The highest BCUT2D eigenvalue weighted by Gasteiger charge is 2.33. The van der Waals surface area contributed by atoms with E-state index in [1.165, 1.54) is 28.6 Å². The molecule has 12 heteroatoms. The number of piperidine rings is 1. The van der Waals surface area contributed by atoms with E-state index in [1.807, 2.05) is 0 Å². The lowest BCUT2D eigenvalue weighted by atomic mass is 9.97. The number of anilines is 1. The third-order valence-corrected chi connectivity index (χ3v) is 7.17. The molecule has 0 radical (unpaired) electrons. The number of nitrogens with one attached hydrogen (secondary N) is 2. The van der Waals surface area contributed by atoms with E-state index in [4.69, 9.17) is 10.5 Å². The van der Waals surface area contributed by atoms with Crippen molar-refractivity contribution < 1.29 is 27.5 Å². The van der Waals surface area contributed by atoms with Gasteiger partial charge in [0.25, 0.3) is 5.91 Å². The number of primary amides is 1. The van der Waals surface area contributed by atoms with Crippen LogP contribution in [0.3, 0.4) is 0 Å². The van der Waals surface area contributed by atoms with Gasteiger partial charge in [0.2, 0.25) is 15.9 Å². The fourth-order valence-electron chi connectivity index (χ4n) is 3.47. The summed E-state index contributed by atoms with van der Waals surface area (Å²) in [6, 6.07) is 5.56. The quantitative estimate of drug-likeness (QED) is 0.516. The molecule has 1 fully saturated rings. The van der Waals surface area contributed by atoms with Crippen LogP contribution in [0.15, 0.2) is 29.2 Å². The number of aryl methyl sites for hydroxylation is 1. The molecule has 0 bridgehead atoms. The third kappa shape index (κ3) is 4.81. The lowest BCUT2D eigenvalue weighted by molar-refractivity contribution is -0.120. The van der Waals surface area contributed by atoms with Gasteiger partial charge in [-0.1, -0.05) is 0 Å². The minimum atomic E-state index is -3.77. The molecule has 11 nitrogen and oxygen atoms in total. The number of hydrogen-bond donors (Lipinski definition) is 3. The Hall–Kier alpha value is -3.25. The van der Waals surface area contributed by atoms with Gasteiger partial charge in [-0.05, 0) is 51.0 Å². The number of ether oxygens (including phenoxy) is 1. The monoisotopic (exact) mass is 463 g/mol. The topological polar surface area (TPSA) is 165 Å². The highest BCUT2D eigenvalue weighted by molar-refractivity contribution is 7.89. The van der Waals surface area contributed by atoms with E-state index in [9.17, 15) is 22.8 Å². The van der Waals surface area contributed by atoms with E-state index < -0.39 is 27.8 Å². The summed E-state index contributed by atoms with van der Waals surface area (Å²) in [7, 11) is -3.77. The second kappa shape index (κ2) is 9.49. The predicted molar refractivity (Wildman–Crippen MR) is 114 cm³/mol. The molecule has 0 spiro atoms. The molecule has 2 aromatic rings. The number of esters is 1. The number of rotatable bonds is 7. The maximum absolute atomic E-state index is 12.9. The second-order valence-corrected chi connectivity index (χ2v) is 9.29. The Labute approximate surface area is 185 Å². The summed E-state index contributed by atoms with van der Waals surface area (Å²) in [4.78, 5) is 35.9. The van der Waals surface area contributed by atoms with Gasteiger partial charge in [0.1, 0.15) is 0 Å². The number of hydrogen-bond acceptors (Lipinski definition) is 7. The van der Waals surface area contributed by atoms with Crippen molar-refractivity contribution in [2.45, 2.75) is 31.6 Å². The molecule has 1 aromatic heterocycles. The number of H-pyrrole nitrogens is 1. The van der Waals surface area contributed by atoms with E-state index in [-0.39, 0.29) is 47.4 Å². The normalized spacial score (nSPS) is 15.3. The van der Waals surface area contributed by atoms with Gasteiger partial charge in [0.05, 0.1) is 28.4 Å². The van der Waals surface area contributed by atoms with Crippen LogP contribution in [0.25, 0.3) is 0 Å². The zero-order valence-corrected chi connectivity index (χ0v) is 18.6. The van der Waals surface area contributed by atoms with Gasteiger partial charge in [-0.25, -0.2) is 13.2 Å². The van der Waals surface area contributed by atoms with Crippen molar-refractivity contribution in [1.82, 2.24) is 14.5 Å². The summed E-state index contributed by atoms with van der Waals surface area (Å²) >= 11 is 0. The average molecular weight is 464 g/mol. The van der Waals surface area contributed by atoms with Crippen LogP contribution in [0, 0.1) is 12.8 Å². The second-order valence-electron chi connectivity index (χ2n) is 7.35. The zero-order chi connectivity index (χ0) is 23.5. The summed E-state index contributed by atoms with van der Waals surface area (Å²) in [5.74, 6) is -2.04. The molecule has 0 saturated carbocycles. The molecule has 32 heavy (non-hydrogen) atoms. The van der Waals surface area contributed by atoms with Crippen LogP contribution < -0.4 is 11.1 Å². The molecule has 0 unspecified atom stereocenters. The van der Waals surface area contributed by atoms with Crippen molar-refractivity contribution in [1.29, 1.82) is 0 Å². The molecule has 1 saturated heterocycles. The number of carbonyl (C=O) groups excluding carboxylic acids is 3. The molecule has 4 N–H and O–H groups in total. The zero-order valence-electron chi connectivity index (χ0n) is 17.8. The average Bonchev–Trinajstić information content (AvgIpc) is 3.14. The minimum Gasteiger partial charge on any atom is -0.462 e. The molecule has 2 heterocycles. The van der Waals surface area contributed by atoms with Crippen molar-refractivity contribution >= 4 is 33.5 Å². The lowest BCUT2D eigenvalue weighted by Crippen LogP contribution is -2.41. The number of amides is 2. The summed E-state index contributed by atoms with van der Waals surface area (Å²) in [5, 5.41) is 9.07. The van der Waals surface area contributed by atoms with Gasteiger partial charge in [-0.15, -0.1) is 0 Å². The maximum atomic E-state index is 12.9. The van der Waals surface area contributed by atoms with E-state index >= 15 is 0 Å². The maximum Gasteiger partial charge on any atom is 0.338 e. The number of benzene rings is 1. The molecule has 2 amide bonds. The first-order chi connectivity index (χ1) is 15.1. The van der Waals surface area contributed by atoms with Gasteiger partial charge in [-0.2, -0.15) is 9.40 Å². The summed E-state index contributed by atoms with van der Waals surface area (Å²) in [5.41, 5.74) is 6.22. The Bertz CT molecular complexity index is 1120. The Morgan fingerprint density at radius 3 is 2.41 bits per heavy atom. The Morgan fingerprint density at radius 2 is 1.84 bits per heavy atom. The van der Waals surface area contributed by atoms with Gasteiger partial charge in [-0.3, -0.25) is 14.7 Å². The molecule has 1 aliphatic rings. The van der Waals surface area contributed by atoms with Gasteiger partial charge in [0.15, 0.2) is 5.69 Å². The Balaban J connectivity index is 1.63. The van der Waals surface area contributed by atoms with Crippen LogP contribution in [0.1, 0.15) is 46.3 Å². The lowest BCUT2D eigenvalue weighted by Gasteiger charge is -2.30. The molecule has 1 aliphatic heterocycles. The SMILES string of the molecule is CCOC(=O)c1ccc(S(=O)(=O)N2CCC(C(=O)Nc3c(C(N)=O)n[nH]c3C)CC2)cc1. The molecular weight excluding hydrogens is 438 g/mol. The summed E-state index contributed by atoms with van der Waals surface area (Å²) in [6.45, 7) is 3.89. The first-order valence-corrected chi connectivity index (χ1v) is 11.5. The van der Waals surface area contributed by atoms with E-state index in [2.05, 4.69) is 15.5 Å². The number of nitrogens with two attached hydrogens (primary N) is 1. The third-order valence-electron chi connectivity index (χ3n) is 5.26. The van der Waals surface area contributed by atoms with Gasteiger partial charge < -0.3 is 15.8 Å². The first-order valence-electron chi connectivity index (χ1n) is 10.1. The van der Waals surface area contributed by atoms with Gasteiger partial charge in [0, 0.05) is 19.0 Å². The highest BCUT2D eigenvalue weighted by atomic mass is 32.2. The highest BCUT2D eigenvalue weighted by Crippen LogP contribution is 2.26. The van der Waals surface area contributed by atoms with Crippen molar-refractivity contribution in [3.8, 4) is 0 Å². The van der Waals surface area contributed by atoms with Crippen molar-refractivity contribution in [3.05, 3.63) is 41.2 Å². The van der Waals surface area contributed by atoms with E-state index in [0.717, 1.165) is 0 Å². The fraction of sp³-hybridized carbons (Fsp3) is 0.400. The van der Waals surface area contributed by atoms with Gasteiger partial charge >= 0.3 is 5.97 Å². The van der Waals surface area contributed by atoms with Crippen LogP contribution in [0.4, 0.5) is 5.69 Å².